The maximum absolute atomic E-state index is 12.6. The first kappa shape index (κ1) is 18.1. The Balaban J connectivity index is 1.63. The van der Waals surface area contributed by atoms with E-state index in [1.54, 1.807) is 0 Å². The van der Waals surface area contributed by atoms with Crippen molar-refractivity contribution in [3.63, 3.8) is 0 Å². The fraction of sp³-hybridized carbons (Fsp3) is 0.143. The molecule has 28 heavy (non-hydrogen) atoms. The van der Waals surface area contributed by atoms with Crippen molar-refractivity contribution in [1.29, 1.82) is 0 Å². The van der Waals surface area contributed by atoms with E-state index in [2.05, 4.69) is 25.3 Å². The second-order valence-corrected chi connectivity index (χ2v) is 6.99. The molecule has 2 heterocycles. The molecule has 0 aliphatic carbocycles. The Hall–Kier alpha value is -3.25. The molecule has 4 aromatic rings. The van der Waals surface area contributed by atoms with Gasteiger partial charge in [-0.3, -0.25) is 15.1 Å². The van der Waals surface area contributed by atoms with Gasteiger partial charge < -0.3 is 0 Å². The lowest BCUT2D eigenvalue weighted by molar-refractivity contribution is 0.978. The van der Waals surface area contributed by atoms with E-state index in [1.165, 1.54) is 0 Å². The number of aryl methyl sites for hydroxylation is 2. The van der Waals surface area contributed by atoms with Crippen molar-refractivity contribution in [2.24, 2.45) is 0 Å². The maximum atomic E-state index is 12.6. The van der Waals surface area contributed by atoms with Crippen molar-refractivity contribution in [1.82, 2.24) is 19.9 Å². The number of hydrogen-bond acceptors (Lipinski definition) is 5. The number of nitrogens with one attached hydrogen (secondary N) is 2. The van der Waals surface area contributed by atoms with E-state index in [0.717, 1.165) is 22.2 Å². The van der Waals surface area contributed by atoms with Gasteiger partial charge in [0, 0.05) is 22.4 Å². The van der Waals surface area contributed by atoms with Crippen molar-refractivity contribution in [2.75, 3.05) is 5.32 Å². The first-order valence-corrected chi connectivity index (χ1v) is 9.22. The zero-order valence-corrected chi connectivity index (χ0v) is 16.2. The Morgan fingerprint density at radius 3 is 2.46 bits per heavy atom. The summed E-state index contributed by atoms with van der Waals surface area (Å²) in [4.78, 5) is 28.8. The fourth-order valence-corrected chi connectivity index (χ4v) is 3.21. The molecular weight excluding hydrogens is 374 g/mol. The number of H-pyrrole nitrogens is 1. The van der Waals surface area contributed by atoms with Crippen LogP contribution in [0.15, 0.2) is 53.3 Å². The number of aromatic nitrogens is 4. The molecule has 0 spiro atoms. The van der Waals surface area contributed by atoms with E-state index >= 15 is 0 Å². The number of halogens is 1. The van der Waals surface area contributed by atoms with Crippen molar-refractivity contribution in [3.05, 3.63) is 86.4 Å². The summed E-state index contributed by atoms with van der Waals surface area (Å²) in [6.07, 6.45) is 0.483. The predicted molar refractivity (Wildman–Crippen MR) is 111 cm³/mol. The third-order valence-corrected chi connectivity index (χ3v) is 4.79. The van der Waals surface area contributed by atoms with Gasteiger partial charge in [-0.15, -0.1) is 0 Å². The Bertz CT molecular complexity index is 1220. The van der Waals surface area contributed by atoms with E-state index in [0.29, 0.717) is 34.6 Å². The minimum Gasteiger partial charge on any atom is -0.294 e. The second-order valence-electron chi connectivity index (χ2n) is 6.56. The number of rotatable bonds is 4. The van der Waals surface area contributed by atoms with E-state index in [4.69, 9.17) is 11.6 Å². The van der Waals surface area contributed by atoms with Crippen LogP contribution in [0, 0.1) is 13.8 Å². The smallest absolute Gasteiger partial charge is 0.256 e. The number of aromatic amines is 1. The molecule has 0 unspecified atom stereocenters. The van der Waals surface area contributed by atoms with Crippen LogP contribution >= 0.6 is 11.6 Å². The van der Waals surface area contributed by atoms with Crippen LogP contribution in [0.4, 0.5) is 11.9 Å². The average Bonchev–Trinajstić information content (AvgIpc) is 2.66. The van der Waals surface area contributed by atoms with Gasteiger partial charge in [-0.25, -0.2) is 15.0 Å². The number of benzene rings is 2. The van der Waals surface area contributed by atoms with Crippen LogP contribution in [0.25, 0.3) is 10.9 Å². The molecule has 0 aliphatic heterocycles. The van der Waals surface area contributed by atoms with Crippen LogP contribution in [0.5, 0.6) is 0 Å². The zero-order valence-electron chi connectivity index (χ0n) is 15.5. The van der Waals surface area contributed by atoms with Crippen LogP contribution in [0.2, 0.25) is 5.02 Å². The number of para-hydroxylation sites is 1. The number of fused-ring (bicyclic) bond motifs is 1. The quantitative estimate of drug-likeness (QED) is 0.541. The molecule has 0 saturated heterocycles. The van der Waals surface area contributed by atoms with Gasteiger partial charge in [-0.2, -0.15) is 0 Å². The topological polar surface area (TPSA) is 83.6 Å². The molecule has 140 valence electrons. The minimum absolute atomic E-state index is 0.192. The molecule has 0 fully saturated rings. The van der Waals surface area contributed by atoms with Gasteiger partial charge >= 0.3 is 0 Å². The summed E-state index contributed by atoms with van der Waals surface area (Å²) in [5, 5.41) is 4.67. The van der Waals surface area contributed by atoms with Crippen molar-refractivity contribution < 1.29 is 0 Å². The van der Waals surface area contributed by atoms with Gasteiger partial charge in [0.15, 0.2) is 0 Å². The normalized spacial score (nSPS) is 11.0. The molecule has 0 aliphatic rings. The van der Waals surface area contributed by atoms with Crippen LogP contribution in [0.3, 0.4) is 0 Å². The molecule has 0 atom stereocenters. The third kappa shape index (κ3) is 3.73. The van der Waals surface area contributed by atoms with Gasteiger partial charge in [0.1, 0.15) is 0 Å². The molecule has 2 aromatic heterocycles. The van der Waals surface area contributed by atoms with E-state index < -0.39 is 0 Å². The molecule has 0 bridgehead atoms. The fourth-order valence-electron chi connectivity index (χ4n) is 3.08. The van der Waals surface area contributed by atoms with Crippen molar-refractivity contribution >= 4 is 34.4 Å². The molecule has 0 radical (unpaired) electrons. The number of hydrogen-bond donors (Lipinski definition) is 2. The first-order valence-electron chi connectivity index (χ1n) is 8.84. The standard InChI is InChI=1S/C21H18ClN5O/c1-12-16-5-3-4-6-18(16)25-20(23-12)27-21-24-13(2)17(19(28)26-21)11-14-7-9-15(22)10-8-14/h3-10H,11H2,1-2H3,(H2,23,24,25,26,27,28). The molecule has 2 aromatic carbocycles. The Morgan fingerprint density at radius 2 is 1.71 bits per heavy atom. The van der Waals surface area contributed by atoms with E-state index in [1.807, 2.05) is 62.4 Å². The molecule has 6 nitrogen and oxygen atoms in total. The van der Waals surface area contributed by atoms with Crippen LogP contribution in [0.1, 0.15) is 22.5 Å². The maximum Gasteiger partial charge on any atom is 0.256 e. The summed E-state index contributed by atoms with van der Waals surface area (Å²) >= 11 is 5.92. The largest absolute Gasteiger partial charge is 0.294 e. The Morgan fingerprint density at radius 1 is 0.964 bits per heavy atom. The van der Waals surface area contributed by atoms with Gasteiger partial charge in [0.2, 0.25) is 11.9 Å². The summed E-state index contributed by atoms with van der Waals surface area (Å²) in [7, 11) is 0. The predicted octanol–water partition coefficient (Wildman–Crippen LogP) is 4.32. The summed E-state index contributed by atoms with van der Waals surface area (Å²) < 4.78 is 0. The minimum atomic E-state index is -0.192. The van der Waals surface area contributed by atoms with Crippen molar-refractivity contribution in [2.45, 2.75) is 20.3 Å². The highest BCUT2D eigenvalue weighted by Gasteiger charge is 2.11. The number of anilines is 2. The number of nitrogens with zero attached hydrogens (tertiary/aromatic N) is 3. The Labute approximate surface area is 166 Å². The van der Waals surface area contributed by atoms with E-state index in [9.17, 15) is 4.79 Å². The summed E-state index contributed by atoms with van der Waals surface area (Å²) in [6, 6.07) is 15.2. The summed E-state index contributed by atoms with van der Waals surface area (Å²) in [6.45, 7) is 3.74. The highest BCUT2D eigenvalue weighted by atomic mass is 35.5. The van der Waals surface area contributed by atoms with Crippen molar-refractivity contribution in [3.8, 4) is 0 Å². The third-order valence-electron chi connectivity index (χ3n) is 4.54. The average molecular weight is 392 g/mol. The Kier molecular flexibility index (Phi) is 4.79. The van der Waals surface area contributed by atoms with Crippen LogP contribution in [-0.2, 0) is 6.42 Å². The summed E-state index contributed by atoms with van der Waals surface area (Å²) in [5.74, 6) is 0.709. The SMILES string of the molecule is Cc1nc(Nc2nc(C)c3ccccc3n2)[nH]c(=O)c1Cc1ccc(Cl)cc1. The van der Waals surface area contributed by atoms with E-state index in [-0.39, 0.29) is 5.56 Å². The van der Waals surface area contributed by atoms with Crippen LogP contribution in [-0.4, -0.2) is 19.9 Å². The molecule has 7 heteroatoms. The lowest BCUT2D eigenvalue weighted by atomic mass is 10.1. The lowest BCUT2D eigenvalue weighted by Gasteiger charge is -2.10. The second kappa shape index (κ2) is 7.40. The lowest BCUT2D eigenvalue weighted by Crippen LogP contribution is -2.19. The van der Waals surface area contributed by atoms with Crippen LogP contribution < -0.4 is 10.9 Å². The first-order chi connectivity index (χ1) is 13.5. The zero-order chi connectivity index (χ0) is 19.7. The molecule has 4 rings (SSSR count). The highest BCUT2D eigenvalue weighted by molar-refractivity contribution is 6.30. The molecular formula is C21H18ClN5O. The molecule has 0 saturated carbocycles. The monoisotopic (exact) mass is 391 g/mol. The van der Waals surface area contributed by atoms with Gasteiger partial charge in [-0.05, 0) is 37.6 Å². The molecule has 0 amide bonds. The van der Waals surface area contributed by atoms with Gasteiger partial charge in [0.25, 0.3) is 5.56 Å². The van der Waals surface area contributed by atoms with Gasteiger partial charge in [0.05, 0.1) is 16.9 Å². The van der Waals surface area contributed by atoms with Gasteiger partial charge in [-0.1, -0.05) is 41.9 Å². The highest BCUT2D eigenvalue weighted by Crippen LogP contribution is 2.18. The summed E-state index contributed by atoms with van der Waals surface area (Å²) in [5.41, 5.74) is 3.75. The molecule has 2 N–H and O–H groups in total.